The first-order valence-corrected chi connectivity index (χ1v) is 10.5. The Morgan fingerprint density at radius 3 is 1.71 bits per heavy atom. The minimum atomic E-state index is -2.14. The lowest BCUT2D eigenvalue weighted by atomic mass is 9.60. The fraction of sp³-hybridized carbons (Fsp3) is 0.462. The van der Waals surface area contributed by atoms with Crippen LogP contribution in [0.25, 0.3) is 0 Å². The van der Waals surface area contributed by atoms with Crippen LogP contribution in [0.1, 0.15) is 59.4 Å². The van der Waals surface area contributed by atoms with Gasteiger partial charge in [0, 0.05) is 5.56 Å². The number of hydrogen-bond donors (Lipinski definition) is 0. The second-order valence-corrected chi connectivity index (χ2v) is 9.01. The number of rotatable bonds is 10. The van der Waals surface area contributed by atoms with E-state index in [9.17, 15) is 22.0 Å². The Balaban J connectivity index is 3.86. The molecule has 0 aliphatic heterocycles. The molecule has 0 saturated carbocycles. The van der Waals surface area contributed by atoms with Crippen molar-refractivity contribution in [2.24, 2.45) is 23.2 Å². The van der Waals surface area contributed by atoms with Gasteiger partial charge in [-0.2, -0.15) is 0 Å². The average molecular weight is 441 g/mol. The van der Waals surface area contributed by atoms with E-state index in [-0.39, 0.29) is 11.8 Å². The van der Waals surface area contributed by atoms with E-state index in [1.807, 2.05) is 39.8 Å². The van der Waals surface area contributed by atoms with Crippen molar-refractivity contribution in [2.45, 2.75) is 53.9 Å². The smallest absolute Gasteiger partial charge is 0.200 e. The summed E-state index contributed by atoms with van der Waals surface area (Å²) in [5.41, 5.74) is -0.547. The summed E-state index contributed by atoms with van der Waals surface area (Å²) in [7, 11) is 0. The lowest BCUT2D eigenvalue weighted by Gasteiger charge is -2.44. The molecule has 172 valence electrons. The summed E-state index contributed by atoms with van der Waals surface area (Å²) < 4.78 is 71.3. The largest absolute Gasteiger partial charge is 0.203 e. The van der Waals surface area contributed by atoms with E-state index in [2.05, 4.69) is 13.2 Å². The Labute approximate surface area is 183 Å². The van der Waals surface area contributed by atoms with E-state index in [0.717, 1.165) is 5.57 Å². The summed E-state index contributed by atoms with van der Waals surface area (Å²) in [4.78, 5) is 0. The summed E-state index contributed by atoms with van der Waals surface area (Å²) in [6.45, 7) is 18.7. The first kappa shape index (κ1) is 26.9. The second kappa shape index (κ2) is 10.9. The Hall–Kier alpha value is -2.17. The number of hydrogen-bond acceptors (Lipinski definition) is 0. The van der Waals surface area contributed by atoms with E-state index in [1.54, 1.807) is 32.1 Å². The molecule has 0 spiro atoms. The van der Waals surface area contributed by atoms with Gasteiger partial charge >= 0.3 is 0 Å². The maximum absolute atomic E-state index is 14.8. The lowest BCUT2D eigenvalue weighted by Crippen LogP contribution is -2.36. The van der Waals surface area contributed by atoms with E-state index in [4.69, 9.17) is 0 Å². The maximum atomic E-state index is 14.8. The number of benzene rings is 1. The van der Waals surface area contributed by atoms with Crippen molar-refractivity contribution in [2.75, 3.05) is 0 Å². The van der Waals surface area contributed by atoms with Crippen LogP contribution in [0.4, 0.5) is 22.0 Å². The SMILES string of the molecule is C=C/C=C\C(=C/C=C)C(C)(CC(C)C)C(C)C(c1c(F)c(F)c(F)c(F)c1F)C(C)C. The van der Waals surface area contributed by atoms with Gasteiger partial charge < -0.3 is 0 Å². The average Bonchev–Trinajstić information content (AvgIpc) is 2.69. The van der Waals surface area contributed by atoms with Gasteiger partial charge in [0.25, 0.3) is 0 Å². The van der Waals surface area contributed by atoms with Crippen molar-refractivity contribution in [3.05, 3.63) is 83.8 Å². The summed E-state index contributed by atoms with van der Waals surface area (Å²) >= 11 is 0. The van der Waals surface area contributed by atoms with Crippen molar-refractivity contribution >= 4 is 0 Å². The van der Waals surface area contributed by atoms with Crippen LogP contribution in [0.5, 0.6) is 0 Å². The molecule has 0 amide bonds. The Morgan fingerprint density at radius 2 is 1.32 bits per heavy atom. The second-order valence-electron chi connectivity index (χ2n) is 9.01. The Bertz CT molecular complexity index is 834. The van der Waals surface area contributed by atoms with Crippen LogP contribution in [0.2, 0.25) is 0 Å². The molecular formula is C26H33F5. The van der Waals surface area contributed by atoms with Crippen LogP contribution < -0.4 is 0 Å². The molecule has 0 bridgehead atoms. The third kappa shape index (κ3) is 5.55. The van der Waals surface area contributed by atoms with Crippen molar-refractivity contribution in [1.29, 1.82) is 0 Å². The first-order chi connectivity index (χ1) is 14.3. The van der Waals surface area contributed by atoms with Crippen molar-refractivity contribution in [3.8, 4) is 0 Å². The molecule has 1 aromatic rings. The molecule has 0 N–H and O–H groups in total. The molecule has 0 saturated heterocycles. The fourth-order valence-electron chi connectivity index (χ4n) is 4.62. The molecule has 3 unspecified atom stereocenters. The minimum Gasteiger partial charge on any atom is -0.203 e. The molecule has 0 aliphatic carbocycles. The molecule has 0 aliphatic rings. The molecule has 31 heavy (non-hydrogen) atoms. The highest BCUT2D eigenvalue weighted by atomic mass is 19.2. The number of halogens is 5. The monoisotopic (exact) mass is 440 g/mol. The molecule has 0 aromatic heterocycles. The van der Waals surface area contributed by atoms with Gasteiger partial charge in [-0.3, -0.25) is 0 Å². The molecule has 1 rings (SSSR count). The van der Waals surface area contributed by atoms with Gasteiger partial charge in [-0.1, -0.05) is 85.1 Å². The normalized spacial score (nSPS) is 16.6. The van der Waals surface area contributed by atoms with Crippen LogP contribution in [0.3, 0.4) is 0 Å². The minimum absolute atomic E-state index is 0.210. The van der Waals surface area contributed by atoms with E-state index < -0.39 is 51.9 Å². The summed E-state index contributed by atoms with van der Waals surface area (Å²) in [6.07, 6.45) is 9.29. The van der Waals surface area contributed by atoms with E-state index >= 15 is 0 Å². The van der Waals surface area contributed by atoms with Gasteiger partial charge in [0.05, 0.1) is 0 Å². The lowest BCUT2D eigenvalue weighted by molar-refractivity contribution is 0.153. The first-order valence-electron chi connectivity index (χ1n) is 10.5. The third-order valence-corrected chi connectivity index (χ3v) is 6.04. The predicted molar refractivity (Wildman–Crippen MR) is 118 cm³/mol. The van der Waals surface area contributed by atoms with E-state index in [1.165, 1.54) is 0 Å². The summed E-state index contributed by atoms with van der Waals surface area (Å²) in [5, 5.41) is 0. The van der Waals surface area contributed by atoms with Crippen LogP contribution in [0, 0.1) is 52.3 Å². The summed E-state index contributed by atoms with van der Waals surface area (Å²) in [6, 6.07) is 0. The quantitative estimate of drug-likeness (QED) is 0.148. The zero-order chi connectivity index (χ0) is 24.1. The molecule has 0 fully saturated rings. The standard InChI is InChI=1S/C26H33F5/c1-9-11-13-18(12-10-2)26(8,14-15(3)4)17(7)19(16(5)6)20-21(27)23(29)25(31)24(30)22(20)28/h9-13,15-17,19H,1-2,14H2,3-8H3/b13-11-,18-12+. The van der Waals surface area contributed by atoms with Crippen molar-refractivity contribution in [1.82, 2.24) is 0 Å². The Kier molecular flexibility index (Phi) is 9.46. The van der Waals surface area contributed by atoms with Crippen LogP contribution in [0.15, 0.2) is 49.1 Å². The predicted octanol–water partition coefficient (Wildman–Crippen LogP) is 8.66. The van der Waals surface area contributed by atoms with Gasteiger partial charge in [0.15, 0.2) is 23.3 Å². The maximum Gasteiger partial charge on any atom is 0.200 e. The zero-order valence-electron chi connectivity index (χ0n) is 19.2. The molecular weight excluding hydrogens is 407 g/mol. The molecule has 0 heterocycles. The number of allylic oxidation sites excluding steroid dienone is 6. The van der Waals surface area contributed by atoms with Gasteiger partial charge in [0.1, 0.15) is 0 Å². The highest BCUT2D eigenvalue weighted by molar-refractivity contribution is 5.35. The molecule has 3 atom stereocenters. The van der Waals surface area contributed by atoms with Crippen molar-refractivity contribution in [3.63, 3.8) is 0 Å². The van der Waals surface area contributed by atoms with Crippen LogP contribution >= 0.6 is 0 Å². The summed E-state index contributed by atoms with van der Waals surface area (Å²) in [5.74, 6) is -11.0. The third-order valence-electron chi connectivity index (χ3n) is 6.04. The molecule has 0 nitrogen and oxygen atoms in total. The topological polar surface area (TPSA) is 0 Å². The highest BCUT2D eigenvalue weighted by Gasteiger charge is 2.43. The fourth-order valence-corrected chi connectivity index (χ4v) is 4.62. The molecule has 0 radical (unpaired) electrons. The van der Waals surface area contributed by atoms with Crippen LogP contribution in [-0.4, -0.2) is 0 Å². The Morgan fingerprint density at radius 1 is 0.839 bits per heavy atom. The van der Waals surface area contributed by atoms with Gasteiger partial charge in [0.2, 0.25) is 5.82 Å². The van der Waals surface area contributed by atoms with Crippen molar-refractivity contribution < 1.29 is 22.0 Å². The molecule has 5 heteroatoms. The molecule has 1 aromatic carbocycles. The zero-order valence-corrected chi connectivity index (χ0v) is 19.2. The highest BCUT2D eigenvalue weighted by Crippen LogP contribution is 2.51. The van der Waals surface area contributed by atoms with Gasteiger partial charge in [-0.05, 0) is 41.1 Å². The van der Waals surface area contributed by atoms with Gasteiger partial charge in [-0.15, -0.1) is 0 Å². The van der Waals surface area contributed by atoms with Gasteiger partial charge in [-0.25, -0.2) is 22.0 Å². The van der Waals surface area contributed by atoms with E-state index in [0.29, 0.717) is 6.42 Å². The van der Waals surface area contributed by atoms with Crippen LogP contribution in [-0.2, 0) is 0 Å².